The Kier molecular flexibility index (Phi) is 5.92. The van der Waals surface area contributed by atoms with Crippen LogP contribution in [0.3, 0.4) is 0 Å². The molecule has 0 aliphatic heterocycles. The molecule has 26 heavy (non-hydrogen) atoms. The molecule has 0 bridgehead atoms. The van der Waals surface area contributed by atoms with Crippen molar-refractivity contribution in [3.63, 3.8) is 0 Å². The van der Waals surface area contributed by atoms with Crippen molar-refractivity contribution < 1.29 is 4.52 Å². The topological polar surface area (TPSA) is 79.8 Å². The first-order valence-corrected chi connectivity index (χ1v) is 9.47. The molecule has 0 fully saturated rings. The van der Waals surface area contributed by atoms with Crippen LogP contribution in [-0.4, -0.2) is 27.5 Å². The number of fused-ring (bicyclic) bond motifs is 1. The molecule has 0 aromatic carbocycles. The summed E-state index contributed by atoms with van der Waals surface area (Å²) in [5.74, 6) is 1.64. The third kappa shape index (κ3) is 4.07. The molecule has 0 saturated carbocycles. The lowest BCUT2D eigenvalue weighted by Gasteiger charge is -2.11. The van der Waals surface area contributed by atoms with Crippen molar-refractivity contribution in [2.45, 2.75) is 39.8 Å². The van der Waals surface area contributed by atoms with E-state index in [0.717, 1.165) is 45.7 Å². The molecule has 2 N–H and O–H groups in total. The quantitative estimate of drug-likeness (QED) is 0.474. The van der Waals surface area contributed by atoms with E-state index in [0.29, 0.717) is 19.0 Å². The number of hydrogen-bond acceptors (Lipinski definition) is 4. The molecule has 0 amide bonds. The summed E-state index contributed by atoms with van der Waals surface area (Å²) < 4.78 is 8.42. The highest BCUT2D eigenvalue weighted by molar-refractivity contribution is 9.10. The predicted octanol–water partition coefficient (Wildman–Crippen LogP) is 3.07. The minimum Gasteiger partial charge on any atom is -0.361 e. The summed E-state index contributed by atoms with van der Waals surface area (Å²) in [5.41, 5.74) is 3.98. The van der Waals surface area contributed by atoms with Gasteiger partial charge in [0.25, 0.3) is 0 Å². The van der Waals surface area contributed by atoms with Gasteiger partial charge in [0, 0.05) is 42.4 Å². The minimum absolute atomic E-state index is 0.587. The van der Waals surface area contributed by atoms with Crippen LogP contribution in [0.5, 0.6) is 0 Å². The second-order valence-corrected chi connectivity index (χ2v) is 6.78. The Morgan fingerprint density at radius 1 is 1.19 bits per heavy atom. The van der Waals surface area contributed by atoms with Crippen LogP contribution in [-0.2, 0) is 25.9 Å². The van der Waals surface area contributed by atoms with Gasteiger partial charge in [0.05, 0.1) is 17.9 Å². The van der Waals surface area contributed by atoms with Crippen LogP contribution < -0.4 is 10.6 Å². The van der Waals surface area contributed by atoms with E-state index < -0.39 is 0 Å². The number of aryl methyl sites for hydroxylation is 2. The van der Waals surface area contributed by atoms with E-state index in [-0.39, 0.29) is 0 Å². The summed E-state index contributed by atoms with van der Waals surface area (Å²) >= 11 is 3.47. The first-order chi connectivity index (χ1) is 12.6. The highest BCUT2D eigenvalue weighted by Gasteiger charge is 2.13. The Morgan fingerprint density at radius 2 is 2.00 bits per heavy atom. The number of halogens is 1. The van der Waals surface area contributed by atoms with Crippen LogP contribution in [0.15, 0.2) is 38.5 Å². The third-order valence-electron chi connectivity index (χ3n) is 4.16. The molecular weight excluding hydrogens is 396 g/mol. The van der Waals surface area contributed by atoms with Crippen LogP contribution in [0.4, 0.5) is 0 Å². The average molecular weight is 419 g/mol. The van der Waals surface area contributed by atoms with Crippen molar-refractivity contribution in [3.8, 4) is 0 Å². The average Bonchev–Trinajstić information content (AvgIpc) is 3.24. The maximum atomic E-state index is 5.41. The molecule has 3 heterocycles. The molecule has 0 aliphatic carbocycles. The normalized spacial score (nSPS) is 11.9. The lowest BCUT2D eigenvalue weighted by molar-refractivity contribution is 0.380. The molecule has 138 valence electrons. The Balaban J connectivity index is 1.62. The zero-order valence-electron chi connectivity index (χ0n) is 15.2. The largest absolute Gasteiger partial charge is 0.361 e. The van der Waals surface area contributed by atoms with Crippen LogP contribution >= 0.6 is 15.9 Å². The van der Waals surface area contributed by atoms with Crippen molar-refractivity contribution in [1.29, 1.82) is 0 Å². The molecule has 0 unspecified atom stereocenters. The molecule has 0 saturated heterocycles. The van der Waals surface area contributed by atoms with Gasteiger partial charge in [-0.3, -0.25) is 4.99 Å². The van der Waals surface area contributed by atoms with E-state index in [9.17, 15) is 0 Å². The van der Waals surface area contributed by atoms with Gasteiger partial charge in [-0.05, 0) is 34.5 Å². The van der Waals surface area contributed by atoms with Crippen molar-refractivity contribution in [2.75, 3.05) is 7.05 Å². The molecule has 3 rings (SSSR count). The number of nitrogens with zero attached hydrogens (tertiary/aromatic N) is 4. The van der Waals surface area contributed by atoms with Gasteiger partial charge in [0.15, 0.2) is 5.96 Å². The summed E-state index contributed by atoms with van der Waals surface area (Å²) in [7, 11) is 1.76. The van der Waals surface area contributed by atoms with Gasteiger partial charge in [-0.15, -0.1) is 0 Å². The van der Waals surface area contributed by atoms with E-state index in [4.69, 9.17) is 4.52 Å². The zero-order valence-corrected chi connectivity index (χ0v) is 16.8. The minimum atomic E-state index is 0.587. The molecular formula is C18H23BrN6O. The lowest BCUT2D eigenvalue weighted by Crippen LogP contribution is -2.36. The molecule has 3 aromatic rings. The molecule has 0 spiro atoms. The molecule has 0 radical (unpaired) electrons. The van der Waals surface area contributed by atoms with E-state index in [2.05, 4.69) is 55.5 Å². The summed E-state index contributed by atoms with van der Waals surface area (Å²) in [6, 6.07) is 3.96. The SMILES string of the molecule is CCc1noc(CC)c1CNC(=NC)NCc1cn2cc(Br)ccc2n1. The second-order valence-electron chi connectivity index (χ2n) is 5.86. The first-order valence-electron chi connectivity index (χ1n) is 8.68. The molecule has 3 aromatic heterocycles. The van der Waals surface area contributed by atoms with Gasteiger partial charge in [-0.25, -0.2) is 4.98 Å². The van der Waals surface area contributed by atoms with Crippen LogP contribution in [0, 0.1) is 0 Å². The van der Waals surface area contributed by atoms with Gasteiger partial charge in [0.2, 0.25) is 0 Å². The number of nitrogens with one attached hydrogen (secondary N) is 2. The van der Waals surface area contributed by atoms with Crippen LogP contribution in [0.1, 0.15) is 36.6 Å². The molecule has 0 aliphatic rings. The monoisotopic (exact) mass is 418 g/mol. The van der Waals surface area contributed by atoms with Gasteiger partial charge < -0.3 is 19.6 Å². The summed E-state index contributed by atoms with van der Waals surface area (Å²) in [5, 5.41) is 10.8. The highest BCUT2D eigenvalue weighted by atomic mass is 79.9. The summed E-state index contributed by atoms with van der Waals surface area (Å²) in [6.07, 6.45) is 5.67. The van der Waals surface area contributed by atoms with Crippen molar-refractivity contribution in [2.24, 2.45) is 4.99 Å². The first kappa shape index (κ1) is 18.4. The number of rotatable bonds is 6. The Labute approximate surface area is 161 Å². The van der Waals surface area contributed by atoms with Crippen molar-refractivity contribution in [3.05, 3.63) is 51.7 Å². The number of aliphatic imine (C=N–C) groups is 1. The highest BCUT2D eigenvalue weighted by Crippen LogP contribution is 2.15. The van der Waals surface area contributed by atoms with Gasteiger partial charge >= 0.3 is 0 Å². The fourth-order valence-electron chi connectivity index (χ4n) is 2.81. The van der Waals surface area contributed by atoms with Gasteiger partial charge in [-0.2, -0.15) is 0 Å². The van der Waals surface area contributed by atoms with E-state index in [1.807, 2.05) is 28.9 Å². The standard InChI is InChI=1S/C18H23BrN6O/c1-4-15-14(16(5-2)26-24-15)9-22-18(20-3)21-8-13-11-25-10-12(19)6-7-17(25)23-13/h6-7,10-11H,4-5,8-9H2,1-3H3,(H2,20,21,22). The number of imidazole rings is 1. The summed E-state index contributed by atoms with van der Waals surface area (Å²) in [6.45, 7) is 5.37. The van der Waals surface area contributed by atoms with Crippen LogP contribution in [0.25, 0.3) is 5.65 Å². The summed E-state index contributed by atoms with van der Waals surface area (Å²) in [4.78, 5) is 8.88. The van der Waals surface area contributed by atoms with Gasteiger partial charge in [0.1, 0.15) is 11.4 Å². The Hall–Kier alpha value is -2.35. The Morgan fingerprint density at radius 3 is 2.73 bits per heavy atom. The fraction of sp³-hybridized carbons (Fsp3) is 0.389. The molecule has 8 heteroatoms. The van der Waals surface area contributed by atoms with Gasteiger partial charge in [-0.1, -0.05) is 19.0 Å². The smallest absolute Gasteiger partial charge is 0.191 e. The number of guanidine groups is 1. The molecule has 7 nitrogen and oxygen atoms in total. The fourth-order valence-corrected chi connectivity index (χ4v) is 3.16. The number of pyridine rings is 1. The lowest BCUT2D eigenvalue weighted by atomic mass is 10.1. The van der Waals surface area contributed by atoms with E-state index in [1.54, 1.807) is 7.05 Å². The zero-order chi connectivity index (χ0) is 18.5. The third-order valence-corrected chi connectivity index (χ3v) is 4.63. The predicted molar refractivity (Wildman–Crippen MR) is 105 cm³/mol. The van der Waals surface area contributed by atoms with Crippen LogP contribution in [0.2, 0.25) is 0 Å². The van der Waals surface area contributed by atoms with E-state index >= 15 is 0 Å². The number of aromatic nitrogens is 3. The van der Waals surface area contributed by atoms with E-state index in [1.165, 1.54) is 0 Å². The Bertz CT molecular complexity index is 892. The maximum Gasteiger partial charge on any atom is 0.191 e. The van der Waals surface area contributed by atoms with Crippen molar-refractivity contribution >= 4 is 27.5 Å². The second kappa shape index (κ2) is 8.35. The van der Waals surface area contributed by atoms with Crippen molar-refractivity contribution in [1.82, 2.24) is 25.2 Å². The molecule has 0 atom stereocenters. The number of hydrogen-bond donors (Lipinski definition) is 2. The maximum absolute atomic E-state index is 5.41.